The molecular formula is C21H22N4O4S. The van der Waals surface area contributed by atoms with Crippen LogP contribution in [0.5, 0.6) is 5.75 Å². The Morgan fingerprint density at radius 3 is 2.47 bits per heavy atom. The minimum absolute atomic E-state index is 0.0529. The number of nitrogens with zero attached hydrogens (tertiary/aromatic N) is 1. The van der Waals surface area contributed by atoms with Crippen LogP contribution in [0.15, 0.2) is 42.5 Å². The van der Waals surface area contributed by atoms with Crippen molar-refractivity contribution in [3.8, 4) is 5.75 Å². The quantitative estimate of drug-likeness (QED) is 0.229. The fraction of sp³-hybridized carbons (Fsp3) is 0.238. The van der Waals surface area contributed by atoms with Crippen LogP contribution in [0.2, 0.25) is 0 Å². The summed E-state index contributed by atoms with van der Waals surface area (Å²) < 4.78 is 11.0. The van der Waals surface area contributed by atoms with Gasteiger partial charge in [0.05, 0.1) is 28.3 Å². The van der Waals surface area contributed by atoms with Gasteiger partial charge in [0.15, 0.2) is 5.13 Å². The van der Waals surface area contributed by atoms with Crippen LogP contribution in [0.1, 0.15) is 29.8 Å². The van der Waals surface area contributed by atoms with E-state index in [0.29, 0.717) is 28.6 Å². The molecule has 0 spiro atoms. The Bertz CT molecular complexity index is 1110. The number of esters is 2. The zero-order valence-electron chi connectivity index (χ0n) is 16.8. The van der Waals surface area contributed by atoms with E-state index in [1.54, 1.807) is 56.3 Å². The maximum Gasteiger partial charge on any atom is 0.343 e. The van der Waals surface area contributed by atoms with E-state index in [2.05, 4.69) is 10.3 Å². The standard InChI is InChI=1S/C21H22N4O4S/c1-21(2,19(27)28-3)11-24-20-25-15-9-6-13(10-16(15)30-20)18(26)29-14-7-4-12(5-8-14)17(22)23/h4-10H,11H2,1-3H3,(H3,22,23)(H,24,25). The van der Waals surface area contributed by atoms with Crippen molar-refractivity contribution in [1.29, 1.82) is 5.41 Å². The number of carbonyl (C=O) groups excluding carboxylic acids is 2. The van der Waals surface area contributed by atoms with Gasteiger partial charge in [-0.25, -0.2) is 9.78 Å². The molecule has 4 N–H and O–H groups in total. The predicted molar refractivity (Wildman–Crippen MR) is 116 cm³/mol. The minimum Gasteiger partial charge on any atom is -0.469 e. The van der Waals surface area contributed by atoms with Crippen LogP contribution in [-0.2, 0) is 9.53 Å². The highest BCUT2D eigenvalue weighted by molar-refractivity contribution is 7.22. The van der Waals surface area contributed by atoms with E-state index >= 15 is 0 Å². The van der Waals surface area contributed by atoms with Crippen LogP contribution in [0.3, 0.4) is 0 Å². The molecule has 0 aliphatic carbocycles. The first-order valence-electron chi connectivity index (χ1n) is 9.09. The Hall–Kier alpha value is -3.46. The van der Waals surface area contributed by atoms with Crippen molar-refractivity contribution < 1.29 is 19.1 Å². The van der Waals surface area contributed by atoms with Gasteiger partial charge in [-0.1, -0.05) is 11.3 Å². The lowest BCUT2D eigenvalue weighted by Gasteiger charge is -2.21. The van der Waals surface area contributed by atoms with Crippen LogP contribution >= 0.6 is 11.3 Å². The zero-order valence-corrected chi connectivity index (χ0v) is 17.6. The molecule has 0 saturated carbocycles. The summed E-state index contributed by atoms with van der Waals surface area (Å²) in [7, 11) is 1.36. The molecule has 0 aliphatic heterocycles. The van der Waals surface area contributed by atoms with E-state index < -0.39 is 11.4 Å². The molecule has 0 bridgehead atoms. The topological polar surface area (TPSA) is 127 Å². The van der Waals surface area contributed by atoms with Gasteiger partial charge in [-0.15, -0.1) is 0 Å². The SMILES string of the molecule is COC(=O)C(C)(C)CNc1nc2ccc(C(=O)Oc3ccc(C(=N)N)cc3)cc2s1. The third-order valence-corrected chi connectivity index (χ3v) is 5.40. The van der Waals surface area contributed by atoms with Gasteiger partial charge < -0.3 is 20.5 Å². The minimum atomic E-state index is -0.695. The third-order valence-electron chi connectivity index (χ3n) is 4.42. The second-order valence-electron chi connectivity index (χ2n) is 7.26. The molecule has 156 valence electrons. The summed E-state index contributed by atoms with van der Waals surface area (Å²) in [5, 5.41) is 11.2. The van der Waals surface area contributed by atoms with Gasteiger partial charge in [-0.3, -0.25) is 10.2 Å². The number of aromatic nitrogens is 1. The largest absolute Gasteiger partial charge is 0.469 e. The van der Waals surface area contributed by atoms with Crippen molar-refractivity contribution >= 4 is 44.5 Å². The number of hydrogen-bond donors (Lipinski definition) is 3. The summed E-state index contributed by atoms with van der Waals surface area (Å²) in [6.45, 7) is 3.94. The van der Waals surface area contributed by atoms with Gasteiger partial charge >= 0.3 is 11.9 Å². The van der Waals surface area contributed by atoms with E-state index in [1.807, 2.05) is 0 Å². The maximum absolute atomic E-state index is 12.5. The second-order valence-corrected chi connectivity index (χ2v) is 8.29. The van der Waals surface area contributed by atoms with Crippen molar-refractivity contribution in [3.63, 3.8) is 0 Å². The molecule has 0 amide bonds. The highest BCUT2D eigenvalue weighted by Crippen LogP contribution is 2.28. The molecule has 0 radical (unpaired) electrons. The molecule has 2 aromatic carbocycles. The lowest BCUT2D eigenvalue weighted by Crippen LogP contribution is -2.33. The fourth-order valence-corrected chi connectivity index (χ4v) is 3.54. The number of ether oxygens (including phenoxy) is 2. The highest BCUT2D eigenvalue weighted by Gasteiger charge is 2.28. The molecule has 30 heavy (non-hydrogen) atoms. The summed E-state index contributed by atoms with van der Waals surface area (Å²) in [6, 6.07) is 11.5. The summed E-state index contributed by atoms with van der Waals surface area (Å²) >= 11 is 1.38. The summed E-state index contributed by atoms with van der Waals surface area (Å²) in [6.07, 6.45) is 0. The number of hydrogen-bond acceptors (Lipinski definition) is 8. The number of thiazole rings is 1. The third kappa shape index (κ3) is 4.74. The van der Waals surface area contributed by atoms with Gasteiger partial charge in [0.2, 0.25) is 0 Å². The van der Waals surface area contributed by atoms with Gasteiger partial charge in [-0.2, -0.15) is 0 Å². The number of methoxy groups -OCH3 is 1. The van der Waals surface area contributed by atoms with Crippen LogP contribution in [0.4, 0.5) is 5.13 Å². The lowest BCUT2D eigenvalue weighted by atomic mass is 9.94. The number of anilines is 1. The number of carbonyl (C=O) groups is 2. The van der Waals surface area contributed by atoms with E-state index in [0.717, 1.165) is 10.2 Å². The van der Waals surface area contributed by atoms with Gasteiger partial charge in [0, 0.05) is 12.1 Å². The predicted octanol–water partition coefficient (Wildman–Crippen LogP) is 3.41. The molecule has 0 atom stereocenters. The first-order valence-corrected chi connectivity index (χ1v) is 9.91. The Morgan fingerprint density at radius 1 is 1.17 bits per heavy atom. The smallest absolute Gasteiger partial charge is 0.343 e. The van der Waals surface area contributed by atoms with Crippen LogP contribution in [0, 0.1) is 10.8 Å². The molecule has 1 aromatic heterocycles. The first-order chi connectivity index (χ1) is 14.2. The number of nitrogen functional groups attached to an aromatic ring is 1. The van der Waals surface area contributed by atoms with E-state index in [9.17, 15) is 9.59 Å². The molecule has 3 aromatic rings. The van der Waals surface area contributed by atoms with E-state index in [4.69, 9.17) is 20.6 Å². The van der Waals surface area contributed by atoms with E-state index in [-0.39, 0.29) is 11.8 Å². The van der Waals surface area contributed by atoms with Crippen molar-refractivity contribution in [2.24, 2.45) is 11.1 Å². The molecule has 3 rings (SSSR count). The molecule has 0 saturated heterocycles. The number of amidine groups is 1. The van der Waals surface area contributed by atoms with Crippen LogP contribution < -0.4 is 15.8 Å². The second kappa shape index (κ2) is 8.50. The monoisotopic (exact) mass is 426 g/mol. The molecule has 8 nitrogen and oxygen atoms in total. The summed E-state index contributed by atoms with van der Waals surface area (Å²) in [5.41, 5.74) is 6.41. The average molecular weight is 426 g/mol. The van der Waals surface area contributed by atoms with E-state index in [1.165, 1.54) is 18.4 Å². The molecule has 1 heterocycles. The molecule has 9 heteroatoms. The highest BCUT2D eigenvalue weighted by atomic mass is 32.1. The van der Waals surface area contributed by atoms with Crippen molar-refractivity contribution in [2.75, 3.05) is 19.0 Å². The number of benzene rings is 2. The number of nitrogens with one attached hydrogen (secondary N) is 2. The normalized spacial score (nSPS) is 11.2. The summed E-state index contributed by atoms with van der Waals surface area (Å²) in [5.74, 6) is -0.496. The van der Waals surface area contributed by atoms with Gasteiger partial charge in [0.25, 0.3) is 0 Å². The molecular weight excluding hydrogens is 404 g/mol. The number of fused-ring (bicyclic) bond motifs is 1. The summed E-state index contributed by atoms with van der Waals surface area (Å²) in [4.78, 5) is 28.8. The van der Waals surface area contributed by atoms with Gasteiger partial charge in [-0.05, 0) is 56.3 Å². The molecule has 0 fully saturated rings. The Morgan fingerprint density at radius 2 is 1.83 bits per heavy atom. The van der Waals surface area contributed by atoms with Gasteiger partial charge in [0.1, 0.15) is 11.6 Å². The Labute approximate surface area is 177 Å². The number of rotatable bonds is 7. The zero-order chi connectivity index (χ0) is 21.9. The Kier molecular flexibility index (Phi) is 6.02. The maximum atomic E-state index is 12.5. The molecule has 0 unspecified atom stereocenters. The van der Waals surface area contributed by atoms with Crippen LogP contribution in [0.25, 0.3) is 10.2 Å². The fourth-order valence-electron chi connectivity index (χ4n) is 2.64. The van der Waals surface area contributed by atoms with Crippen molar-refractivity contribution in [2.45, 2.75) is 13.8 Å². The molecule has 0 aliphatic rings. The first kappa shape index (κ1) is 21.3. The van der Waals surface area contributed by atoms with Crippen LogP contribution in [-0.4, -0.2) is 36.4 Å². The average Bonchev–Trinajstić information content (AvgIpc) is 3.14. The number of nitrogens with two attached hydrogens (primary N) is 1. The van der Waals surface area contributed by atoms with Crippen molar-refractivity contribution in [1.82, 2.24) is 4.98 Å². The lowest BCUT2D eigenvalue weighted by molar-refractivity contribution is -0.149. The van der Waals surface area contributed by atoms with Crippen molar-refractivity contribution in [3.05, 3.63) is 53.6 Å². The Balaban J connectivity index is 1.71.